The number of nitrogens with zero attached hydrogens (tertiary/aromatic N) is 1. The number of carbonyl (C=O) groups excluding carboxylic acids is 2. The normalized spacial score (nSPS) is 18.4. The molecule has 1 fully saturated rings. The maximum atomic E-state index is 11.2. The van der Waals surface area contributed by atoms with Crippen molar-refractivity contribution in [1.82, 2.24) is 10.2 Å². The first-order valence-electron chi connectivity index (χ1n) is 6.06. The number of ketones is 1. The summed E-state index contributed by atoms with van der Waals surface area (Å²) in [6.07, 6.45) is 2.60. The molecule has 0 aromatic heterocycles. The molecule has 1 aliphatic rings. The highest BCUT2D eigenvalue weighted by Gasteiger charge is 2.15. The topological polar surface area (TPSA) is 49.4 Å². The highest BCUT2D eigenvalue weighted by Crippen LogP contribution is 2.09. The lowest BCUT2D eigenvalue weighted by molar-refractivity contribution is -0.127. The molecule has 0 saturated carbocycles. The zero-order chi connectivity index (χ0) is 12.0. The Kier molecular flexibility index (Phi) is 5.46. The summed E-state index contributed by atoms with van der Waals surface area (Å²) in [5.41, 5.74) is 0. The summed E-state index contributed by atoms with van der Waals surface area (Å²) >= 11 is 0. The molecule has 1 amide bonds. The van der Waals surface area contributed by atoms with Gasteiger partial charge in [-0.3, -0.25) is 9.59 Å². The first kappa shape index (κ1) is 13.2. The van der Waals surface area contributed by atoms with Crippen LogP contribution in [0.3, 0.4) is 0 Å². The average Bonchev–Trinajstić information content (AvgIpc) is 2.66. The van der Waals surface area contributed by atoms with Crippen LogP contribution in [0.25, 0.3) is 0 Å². The number of carbonyl (C=O) groups is 2. The van der Waals surface area contributed by atoms with Crippen LogP contribution in [0.1, 0.15) is 33.1 Å². The van der Waals surface area contributed by atoms with Crippen molar-refractivity contribution in [2.75, 3.05) is 26.2 Å². The summed E-state index contributed by atoms with van der Waals surface area (Å²) in [6, 6.07) is 0. The molecule has 1 aliphatic heterocycles. The van der Waals surface area contributed by atoms with E-state index >= 15 is 0 Å². The molecule has 0 bridgehead atoms. The molecule has 0 aromatic rings. The van der Waals surface area contributed by atoms with Gasteiger partial charge in [-0.1, -0.05) is 6.92 Å². The van der Waals surface area contributed by atoms with Gasteiger partial charge in [-0.05, 0) is 38.8 Å². The molecule has 1 unspecified atom stereocenters. The van der Waals surface area contributed by atoms with E-state index in [4.69, 9.17) is 0 Å². The Balaban J connectivity index is 2.11. The third-order valence-corrected chi connectivity index (χ3v) is 2.83. The molecule has 1 N–H and O–H groups in total. The van der Waals surface area contributed by atoms with E-state index in [1.807, 2.05) is 0 Å². The van der Waals surface area contributed by atoms with Crippen LogP contribution in [0.4, 0.5) is 0 Å². The molecule has 0 radical (unpaired) electrons. The van der Waals surface area contributed by atoms with Gasteiger partial charge in [-0.25, -0.2) is 0 Å². The van der Waals surface area contributed by atoms with Crippen molar-refractivity contribution in [2.24, 2.45) is 5.92 Å². The van der Waals surface area contributed by atoms with E-state index in [9.17, 15) is 9.59 Å². The van der Waals surface area contributed by atoms with Crippen LogP contribution in [-0.2, 0) is 9.59 Å². The molecule has 0 aliphatic carbocycles. The molecule has 0 aromatic carbocycles. The molecule has 4 nitrogen and oxygen atoms in total. The first-order valence-corrected chi connectivity index (χ1v) is 6.06. The summed E-state index contributed by atoms with van der Waals surface area (Å²) in [5.74, 6) is 0.222. The molecule has 1 rings (SSSR count). The van der Waals surface area contributed by atoms with Gasteiger partial charge in [-0.2, -0.15) is 0 Å². The lowest BCUT2D eigenvalue weighted by Gasteiger charge is -2.20. The second kappa shape index (κ2) is 6.63. The predicted octanol–water partition coefficient (Wildman–Crippen LogP) is 0.814. The van der Waals surface area contributed by atoms with Gasteiger partial charge in [0.1, 0.15) is 5.78 Å². The van der Waals surface area contributed by atoms with Gasteiger partial charge >= 0.3 is 0 Å². The second-order valence-electron chi connectivity index (χ2n) is 4.80. The number of hydrogen-bond acceptors (Lipinski definition) is 3. The number of hydrogen-bond donors (Lipinski definition) is 1. The maximum absolute atomic E-state index is 11.2. The summed E-state index contributed by atoms with van der Waals surface area (Å²) < 4.78 is 0. The monoisotopic (exact) mass is 226 g/mol. The number of rotatable bonds is 6. The van der Waals surface area contributed by atoms with E-state index in [-0.39, 0.29) is 18.1 Å². The van der Waals surface area contributed by atoms with Crippen LogP contribution in [0.15, 0.2) is 0 Å². The predicted molar refractivity (Wildman–Crippen MR) is 63.1 cm³/mol. The molecular weight excluding hydrogens is 204 g/mol. The van der Waals surface area contributed by atoms with Crippen molar-refractivity contribution in [1.29, 1.82) is 0 Å². The Bertz CT molecular complexity index is 247. The third kappa shape index (κ3) is 5.26. The third-order valence-electron chi connectivity index (χ3n) is 2.83. The second-order valence-corrected chi connectivity index (χ2v) is 4.80. The summed E-state index contributed by atoms with van der Waals surface area (Å²) in [4.78, 5) is 24.4. The number of amides is 1. The van der Waals surface area contributed by atoms with Crippen LogP contribution in [0.5, 0.6) is 0 Å². The molecule has 0 spiro atoms. The molecule has 1 heterocycles. The van der Waals surface area contributed by atoms with Gasteiger partial charge in [0, 0.05) is 13.1 Å². The average molecular weight is 226 g/mol. The van der Waals surface area contributed by atoms with Crippen LogP contribution in [-0.4, -0.2) is 42.8 Å². The fraction of sp³-hybridized carbons (Fsp3) is 0.833. The molecular formula is C12H22N2O2. The minimum Gasteiger partial charge on any atom is -0.355 e. The van der Waals surface area contributed by atoms with Gasteiger partial charge in [0.25, 0.3) is 0 Å². The van der Waals surface area contributed by atoms with Crippen LogP contribution >= 0.6 is 0 Å². The summed E-state index contributed by atoms with van der Waals surface area (Å²) in [7, 11) is 0. The van der Waals surface area contributed by atoms with Crippen molar-refractivity contribution in [3.05, 3.63) is 0 Å². The maximum Gasteiger partial charge on any atom is 0.227 e. The zero-order valence-electron chi connectivity index (χ0n) is 10.3. The molecule has 1 saturated heterocycles. The van der Waals surface area contributed by atoms with Crippen LogP contribution in [0, 0.1) is 5.92 Å². The Morgan fingerprint density at radius 3 is 2.50 bits per heavy atom. The minimum absolute atomic E-state index is 0.0104. The Morgan fingerprint density at radius 2 is 1.94 bits per heavy atom. The highest BCUT2D eigenvalue weighted by atomic mass is 16.2. The van der Waals surface area contributed by atoms with Crippen LogP contribution < -0.4 is 5.32 Å². The van der Waals surface area contributed by atoms with E-state index in [2.05, 4.69) is 17.1 Å². The lowest BCUT2D eigenvalue weighted by atomic mass is 10.1. The summed E-state index contributed by atoms with van der Waals surface area (Å²) in [6.45, 7) is 7.65. The Morgan fingerprint density at radius 1 is 1.31 bits per heavy atom. The van der Waals surface area contributed by atoms with Crippen molar-refractivity contribution in [2.45, 2.75) is 33.1 Å². The van der Waals surface area contributed by atoms with Crippen molar-refractivity contribution < 1.29 is 9.59 Å². The smallest absolute Gasteiger partial charge is 0.227 e. The Labute approximate surface area is 97.4 Å². The molecule has 4 heteroatoms. The van der Waals surface area contributed by atoms with Crippen molar-refractivity contribution in [3.8, 4) is 0 Å². The quantitative estimate of drug-likeness (QED) is 0.682. The zero-order valence-corrected chi connectivity index (χ0v) is 10.3. The fourth-order valence-corrected chi connectivity index (χ4v) is 2.05. The first-order chi connectivity index (χ1) is 7.58. The van der Waals surface area contributed by atoms with E-state index in [0.29, 0.717) is 12.5 Å². The van der Waals surface area contributed by atoms with E-state index in [1.165, 1.54) is 32.9 Å². The fourth-order valence-electron chi connectivity index (χ4n) is 2.05. The molecule has 1 atom stereocenters. The number of nitrogens with one attached hydrogen (secondary N) is 1. The number of likely N-dealkylation sites (tertiary alicyclic amines) is 1. The van der Waals surface area contributed by atoms with Gasteiger partial charge in [0.05, 0.1) is 6.42 Å². The highest BCUT2D eigenvalue weighted by molar-refractivity contribution is 5.96. The molecule has 16 heavy (non-hydrogen) atoms. The van der Waals surface area contributed by atoms with E-state index in [1.54, 1.807) is 0 Å². The van der Waals surface area contributed by atoms with E-state index in [0.717, 1.165) is 6.54 Å². The van der Waals surface area contributed by atoms with E-state index < -0.39 is 0 Å². The standard InChI is InChI=1S/C12H22N2O2/c1-10(9-14-5-3-4-6-14)8-13-12(16)7-11(2)15/h10H,3-9H2,1-2H3,(H,13,16). The largest absolute Gasteiger partial charge is 0.355 e. The Hall–Kier alpha value is -0.900. The lowest BCUT2D eigenvalue weighted by Crippen LogP contribution is -2.34. The summed E-state index contributed by atoms with van der Waals surface area (Å²) in [5, 5.41) is 2.80. The number of Topliss-reactive ketones (excluding diaryl/α,β-unsaturated/α-hetero) is 1. The van der Waals surface area contributed by atoms with Gasteiger partial charge < -0.3 is 10.2 Å². The molecule has 92 valence electrons. The SMILES string of the molecule is CC(=O)CC(=O)NCC(C)CN1CCCC1. The minimum atomic E-state index is -0.152. The van der Waals surface area contributed by atoms with Crippen LogP contribution in [0.2, 0.25) is 0 Å². The van der Waals surface area contributed by atoms with Crippen molar-refractivity contribution in [3.63, 3.8) is 0 Å². The van der Waals surface area contributed by atoms with Gasteiger partial charge in [0.2, 0.25) is 5.91 Å². The van der Waals surface area contributed by atoms with Gasteiger partial charge in [-0.15, -0.1) is 0 Å². The van der Waals surface area contributed by atoms with Gasteiger partial charge in [0.15, 0.2) is 0 Å². The van der Waals surface area contributed by atoms with Crippen molar-refractivity contribution >= 4 is 11.7 Å².